The number of aryl methyl sites for hydroxylation is 1. The number of ether oxygens (including phenoxy) is 3. The average molecular weight is 363 g/mol. The molecule has 0 fully saturated rings. The van der Waals surface area contributed by atoms with E-state index >= 15 is 0 Å². The highest BCUT2D eigenvalue weighted by atomic mass is 16.7. The van der Waals surface area contributed by atoms with Crippen LogP contribution in [0.5, 0.6) is 11.5 Å². The van der Waals surface area contributed by atoms with Crippen LogP contribution in [0.15, 0.2) is 53.7 Å². The van der Waals surface area contributed by atoms with E-state index < -0.39 is 0 Å². The quantitative estimate of drug-likeness (QED) is 0.768. The van der Waals surface area contributed by atoms with Crippen LogP contribution in [0, 0.1) is 6.92 Å². The van der Waals surface area contributed by atoms with Crippen molar-refractivity contribution in [2.75, 3.05) is 18.3 Å². The molecule has 0 aliphatic carbocycles. The highest BCUT2D eigenvalue weighted by Gasteiger charge is 2.43. The van der Waals surface area contributed by atoms with Gasteiger partial charge in [-0.2, -0.15) is 0 Å². The highest BCUT2D eigenvalue weighted by molar-refractivity contribution is 6.06. The lowest BCUT2D eigenvalue weighted by atomic mass is 9.84. The fourth-order valence-electron chi connectivity index (χ4n) is 3.86. The molecule has 0 unspecified atom stereocenters. The second kappa shape index (κ2) is 5.87. The Morgan fingerprint density at radius 1 is 0.963 bits per heavy atom. The van der Waals surface area contributed by atoms with Gasteiger partial charge in [-0.05, 0) is 36.8 Å². The number of cyclic esters (lactones) is 1. The van der Waals surface area contributed by atoms with Gasteiger partial charge >= 0.3 is 5.97 Å². The molecule has 3 heterocycles. The Bertz CT molecular complexity index is 992. The number of anilines is 1. The van der Waals surface area contributed by atoms with Gasteiger partial charge in [0.1, 0.15) is 6.61 Å². The van der Waals surface area contributed by atoms with Crippen LogP contribution in [-0.2, 0) is 14.3 Å². The van der Waals surface area contributed by atoms with Crippen LogP contribution in [0.3, 0.4) is 0 Å². The molecule has 27 heavy (non-hydrogen) atoms. The van der Waals surface area contributed by atoms with Crippen molar-refractivity contribution in [2.24, 2.45) is 0 Å². The van der Waals surface area contributed by atoms with E-state index in [4.69, 9.17) is 14.2 Å². The molecule has 2 aromatic rings. The van der Waals surface area contributed by atoms with Crippen molar-refractivity contribution < 1.29 is 23.8 Å². The Morgan fingerprint density at radius 3 is 2.56 bits per heavy atom. The van der Waals surface area contributed by atoms with Crippen molar-refractivity contribution in [3.05, 3.63) is 64.9 Å². The monoisotopic (exact) mass is 363 g/mol. The molecule has 3 aliphatic heterocycles. The van der Waals surface area contributed by atoms with Gasteiger partial charge in [0.15, 0.2) is 11.5 Å². The minimum Gasteiger partial charge on any atom is -0.456 e. The SMILES string of the molecule is Cc1ccc(N2C(=O)C[C@@H](c3ccc4c(c3)OCO4)C3=C2COC3=O)cc1. The van der Waals surface area contributed by atoms with E-state index in [9.17, 15) is 9.59 Å². The maximum atomic E-state index is 13.0. The van der Waals surface area contributed by atoms with Gasteiger partial charge < -0.3 is 14.2 Å². The highest BCUT2D eigenvalue weighted by Crippen LogP contribution is 2.44. The molecule has 6 nitrogen and oxygen atoms in total. The summed E-state index contributed by atoms with van der Waals surface area (Å²) in [7, 11) is 0. The number of carbonyl (C=O) groups excluding carboxylic acids is 2. The van der Waals surface area contributed by atoms with Crippen LogP contribution in [0.25, 0.3) is 0 Å². The summed E-state index contributed by atoms with van der Waals surface area (Å²) in [5, 5.41) is 0. The molecule has 6 heteroatoms. The normalized spacial score (nSPS) is 20.8. The number of carbonyl (C=O) groups is 2. The lowest BCUT2D eigenvalue weighted by molar-refractivity contribution is -0.136. The Morgan fingerprint density at radius 2 is 1.74 bits per heavy atom. The molecule has 136 valence electrons. The van der Waals surface area contributed by atoms with Gasteiger partial charge in [0.2, 0.25) is 12.7 Å². The Balaban J connectivity index is 1.60. The Hall–Kier alpha value is -3.28. The molecule has 1 atom stereocenters. The summed E-state index contributed by atoms with van der Waals surface area (Å²) < 4.78 is 16.1. The second-order valence-corrected chi connectivity index (χ2v) is 6.87. The largest absolute Gasteiger partial charge is 0.456 e. The third-order valence-electron chi connectivity index (χ3n) is 5.21. The van der Waals surface area contributed by atoms with Crippen LogP contribution in [-0.4, -0.2) is 25.3 Å². The molecule has 0 saturated heterocycles. The van der Waals surface area contributed by atoms with Crippen molar-refractivity contribution in [2.45, 2.75) is 19.3 Å². The number of hydrogen-bond acceptors (Lipinski definition) is 5. The minimum atomic E-state index is -0.364. The third-order valence-corrected chi connectivity index (χ3v) is 5.21. The van der Waals surface area contributed by atoms with Crippen molar-refractivity contribution in [1.82, 2.24) is 0 Å². The van der Waals surface area contributed by atoms with Gasteiger partial charge in [0, 0.05) is 18.0 Å². The molecule has 2 aromatic carbocycles. The molecule has 0 bridgehead atoms. The first kappa shape index (κ1) is 15.9. The second-order valence-electron chi connectivity index (χ2n) is 6.87. The van der Waals surface area contributed by atoms with Crippen LogP contribution in [0.1, 0.15) is 23.5 Å². The van der Waals surface area contributed by atoms with E-state index in [1.807, 2.05) is 49.4 Å². The maximum absolute atomic E-state index is 13.0. The average Bonchev–Trinajstić information content (AvgIpc) is 3.28. The van der Waals surface area contributed by atoms with E-state index in [-0.39, 0.29) is 37.6 Å². The van der Waals surface area contributed by atoms with Crippen LogP contribution in [0.2, 0.25) is 0 Å². The van der Waals surface area contributed by atoms with E-state index in [0.717, 1.165) is 16.8 Å². The smallest absolute Gasteiger partial charge is 0.336 e. The topological polar surface area (TPSA) is 65.1 Å². The number of rotatable bonds is 2. The summed E-state index contributed by atoms with van der Waals surface area (Å²) in [5.41, 5.74) is 3.88. The first-order chi connectivity index (χ1) is 13.1. The zero-order valence-corrected chi connectivity index (χ0v) is 14.7. The van der Waals surface area contributed by atoms with Gasteiger partial charge in [-0.15, -0.1) is 0 Å². The molecule has 0 saturated carbocycles. The zero-order valence-electron chi connectivity index (χ0n) is 14.7. The van der Waals surface area contributed by atoms with Gasteiger partial charge in [-0.1, -0.05) is 23.8 Å². The minimum absolute atomic E-state index is 0.0569. The summed E-state index contributed by atoms with van der Waals surface area (Å²) in [5.74, 6) is 0.536. The maximum Gasteiger partial charge on any atom is 0.336 e. The third kappa shape index (κ3) is 2.48. The van der Waals surface area contributed by atoms with Crippen molar-refractivity contribution in [3.8, 4) is 11.5 Å². The molecule has 0 aromatic heterocycles. The predicted molar refractivity (Wildman–Crippen MR) is 96.6 cm³/mol. The Kier molecular flexibility index (Phi) is 3.47. The van der Waals surface area contributed by atoms with Gasteiger partial charge in [0.05, 0.1) is 11.3 Å². The van der Waals surface area contributed by atoms with Crippen molar-refractivity contribution >= 4 is 17.6 Å². The standard InChI is InChI=1S/C21H17NO5/c1-12-2-5-14(6-3-12)22-16-10-25-21(24)20(16)15(9-19(22)23)13-4-7-17-18(8-13)27-11-26-17/h2-8,15H,9-11H2,1H3/t15-/m0/s1. The van der Waals surface area contributed by atoms with Crippen molar-refractivity contribution in [3.63, 3.8) is 0 Å². The molecule has 0 radical (unpaired) electrons. The molecule has 3 aliphatic rings. The fourth-order valence-corrected chi connectivity index (χ4v) is 3.86. The van der Waals surface area contributed by atoms with Gasteiger partial charge in [0.25, 0.3) is 0 Å². The molecule has 0 N–H and O–H groups in total. The van der Waals surface area contributed by atoms with E-state index in [1.165, 1.54) is 0 Å². The summed E-state index contributed by atoms with van der Waals surface area (Å²) in [6.07, 6.45) is 0.196. The molecule has 5 rings (SSSR count). The summed E-state index contributed by atoms with van der Waals surface area (Å²) in [6, 6.07) is 13.2. The number of amides is 1. The molecular weight excluding hydrogens is 346 g/mol. The van der Waals surface area contributed by atoms with Crippen LogP contribution < -0.4 is 14.4 Å². The van der Waals surface area contributed by atoms with E-state index in [0.29, 0.717) is 22.8 Å². The first-order valence-electron chi connectivity index (χ1n) is 8.81. The molecular formula is C21H17NO5. The fraction of sp³-hybridized carbons (Fsp3) is 0.238. The van der Waals surface area contributed by atoms with Crippen molar-refractivity contribution in [1.29, 1.82) is 0 Å². The Labute approximate surface area is 155 Å². The first-order valence-corrected chi connectivity index (χ1v) is 8.81. The lowest BCUT2D eigenvalue weighted by Gasteiger charge is -2.32. The number of esters is 1. The van der Waals surface area contributed by atoms with Crippen LogP contribution >= 0.6 is 0 Å². The predicted octanol–water partition coefficient (Wildman–Crippen LogP) is 3.06. The van der Waals surface area contributed by atoms with Gasteiger partial charge in [-0.3, -0.25) is 9.69 Å². The lowest BCUT2D eigenvalue weighted by Crippen LogP contribution is -2.37. The number of fused-ring (bicyclic) bond motifs is 1. The summed E-state index contributed by atoms with van der Waals surface area (Å²) in [4.78, 5) is 27.1. The molecule has 1 amide bonds. The van der Waals surface area contributed by atoms with E-state index in [2.05, 4.69) is 0 Å². The number of benzene rings is 2. The molecule has 0 spiro atoms. The number of nitrogens with zero attached hydrogens (tertiary/aromatic N) is 1. The van der Waals surface area contributed by atoms with Gasteiger partial charge in [-0.25, -0.2) is 4.79 Å². The van der Waals surface area contributed by atoms with Crippen LogP contribution in [0.4, 0.5) is 5.69 Å². The summed E-state index contributed by atoms with van der Waals surface area (Å²) >= 11 is 0. The zero-order chi connectivity index (χ0) is 18.5. The summed E-state index contributed by atoms with van der Waals surface area (Å²) in [6.45, 7) is 2.28. The van der Waals surface area contributed by atoms with E-state index in [1.54, 1.807) is 4.90 Å². The number of hydrogen-bond donors (Lipinski definition) is 0.